The first-order valence-electron chi connectivity index (χ1n) is 5.84. The van der Waals surface area contributed by atoms with Crippen molar-refractivity contribution in [2.45, 2.75) is 18.5 Å². The zero-order chi connectivity index (χ0) is 13.1. The average Bonchev–Trinajstić information content (AvgIpc) is 2.36. The van der Waals surface area contributed by atoms with E-state index in [4.69, 9.17) is 5.11 Å². The number of aliphatic hydroxyl groups excluding tert-OH is 1. The number of hydrogen-bond donors (Lipinski definition) is 1. The lowest BCUT2D eigenvalue weighted by Gasteiger charge is -2.08. The molecule has 0 saturated heterocycles. The van der Waals surface area contributed by atoms with Crippen molar-refractivity contribution in [3.63, 3.8) is 0 Å². The molecular weight excluding hydrogens is 248 g/mol. The smallest absolute Gasteiger partial charge is 0.261 e. The van der Waals surface area contributed by atoms with E-state index in [1.54, 1.807) is 11.6 Å². The quantitative estimate of drug-likeness (QED) is 0.519. The molecule has 0 atom stereocenters. The zero-order valence-corrected chi connectivity index (χ0v) is 11.3. The maximum absolute atomic E-state index is 12.2. The van der Waals surface area contributed by atoms with Crippen LogP contribution >= 0.6 is 11.8 Å². The highest BCUT2D eigenvalue weighted by molar-refractivity contribution is 7.99. The SMILES string of the molecule is Cc1ccc2nc(SCCCO)n(C)c(=O)c2c1. The van der Waals surface area contributed by atoms with Gasteiger partial charge in [0.15, 0.2) is 5.16 Å². The Balaban J connectivity index is 2.47. The summed E-state index contributed by atoms with van der Waals surface area (Å²) in [7, 11) is 1.73. The zero-order valence-electron chi connectivity index (χ0n) is 10.5. The molecule has 0 aliphatic heterocycles. The lowest BCUT2D eigenvalue weighted by Crippen LogP contribution is -2.20. The normalized spacial score (nSPS) is 11.1. The van der Waals surface area contributed by atoms with Gasteiger partial charge in [-0.2, -0.15) is 0 Å². The largest absolute Gasteiger partial charge is 0.396 e. The Bertz CT molecular complexity index is 622. The maximum Gasteiger partial charge on any atom is 0.261 e. The highest BCUT2D eigenvalue weighted by atomic mass is 32.2. The number of aryl methyl sites for hydroxylation is 1. The third kappa shape index (κ3) is 2.57. The average molecular weight is 264 g/mol. The minimum atomic E-state index is -0.0183. The molecule has 1 heterocycles. The van der Waals surface area contributed by atoms with Gasteiger partial charge in [0, 0.05) is 19.4 Å². The highest BCUT2D eigenvalue weighted by Gasteiger charge is 2.08. The molecule has 4 nitrogen and oxygen atoms in total. The monoisotopic (exact) mass is 264 g/mol. The topological polar surface area (TPSA) is 55.1 Å². The van der Waals surface area contributed by atoms with Gasteiger partial charge in [-0.25, -0.2) is 4.98 Å². The van der Waals surface area contributed by atoms with Crippen LogP contribution in [0.5, 0.6) is 0 Å². The van der Waals surface area contributed by atoms with Gasteiger partial charge < -0.3 is 5.11 Å². The Morgan fingerprint density at radius 3 is 2.94 bits per heavy atom. The molecule has 2 rings (SSSR count). The summed E-state index contributed by atoms with van der Waals surface area (Å²) >= 11 is 1.50. The van der Waals surface area contributed by atoms with Crippen molar-refractivity contribution >= 4 is 22.7 Å². The van der Waals surface area contributed by atoms with Crippen LogP contribution in [0.15, 0.2) is 28.2 Å². The number of nitrogens with zero attached hydrogens (tertiary/aromatic N) is 2. The van der Waals surface area contributed by atoms with Gasteiger partial charge in [0.05, 0.1) is 10.9 Å². The summed E-state index contributed by atoms with van der Waals surface area (Å²) < 4.78 is 1.57. The van der Waals surface area contributed by atoms with E-state index in [0.29, 0.717) is 17.0 Å². The van der Waals surface area contributed by atoms with E-state index in [9.17, 15) is 4.79 Å². The Morgan fingerprint density at radius 1 is 1.44 bits per heavy atom. The number of hydrogen-bond acceptors (Lipinski definition) is 4. The predicted molar refractivity (Wildman–Crippen MR) is 74.1 cm³/mol. The van der Waals surface area contributed by atoms with Crippen LogP contribution in [-0.2, 0) is 7.05 Å². The molecule has 0 bridgehead atoms. The van der Waals surface area contributed by atoms with Gasteiger partial charge in [-0.15, -0.1) is 0 Å². The highest BCUT2D eigenvalue weighted by Crippen LogP contribution is 2.18. The Hall–Kier alpha value is -1.33. The van der Waals surface area contributed by atoms with Gasteiger partial charge in [0.2, 0.25) is 0 Å². The molecule has 2 aromatic rings. The molecule has 1 aromatic heterocycles. The van der Waals surface area contributed by atoms with Gasteiger partial charge in [0.1, 0.15) is 0 Å². The van der Waals surface area contributed by atoms with Gasteiger partial charge in [0.25, 0.3) is 5.56 Å². The van der Waals surface area contributed by atoms with Crippen LogP contribution in [0.1, 0.15) is 12.0 Å². The first-order chi connectivity index (χ1) is 8.63. The minimum Gasteiger partial charge on any atom is -0.396 e. The van der Waals surface area contributed by atoms with Crippen molar-refractivity contribution in [3.8, 4) is 0 Å². The Morgan fingerprint density at radius 2 is 2.22 bits per heavy atom. The molecular formula is C13H16N2O2S. The number of aromatic nitrogens is 2. The van der Waals surface area contributed by atoms with Gasteiger partial charge in [-0.3, -0.25) is 9.36 Å². The van der Waals surface area contributed by atoms with Crippen molar-refractivity contribution in [3.05, 3.63) is 34.1 Å². The van der Waals surface area contributed by atoms with E-state index in [0.717, 1.165) is 16.8 Å². The van der Waals surface area contributed by atoms with Crippen LogP contribution in [0.2, 0.25) is 0 Å². The first-order valence-corrected chi connectivity index (χ1v) is 6.83. The number of benzene rings is 1. The summed E-state index contributed by atoms with van der Waals surface area (Å²) in [6, 6.07) is 5.70. The Kier molecular flexibility index (Phi) is 4.04. The van der Waals surface area contributed by atoms with Gasteiger partial charge in [-0.05, 0) is 25.5 Å². The minimum absolute atomic E-state index is 0.0183. The summed E-state index contributed by atoms with van der Waals surface area (Å²) in [4.78, 5) is 16.7. The van der Waals surface area contributed by atoms with Crippen LogP contribution in [0.4, 0.5) is 0 Å². The van der Waals surface area contributed by atoms with Crippen molar-refractivity contribution in [1.29, 1.82) is 0 Å². The second kappa shape index (κ2) is 5.54. The van der Waals surface area contributed by atoms with Crippen molar-refractivity contribution in [1.82, 2.24) is 9.55 Å². The molecule has 5 heteroatoms. The maximum atomic E-state index is 12.2. The lowest BCUT2D eigenvalue weighted by atomic mass is 10.2. The standard InChI is InChI=1S/C13H16N2O2S/c1-9-4-5-11-10(8-9)12(17)15(2)13(14-11)18-7-3-6-16/h4-5,8,16H,3,6-7H2,1-2H3. The van der Waals surface area contributed by atoms with Gasteiger partial charge in [-0.1, -0.05) is 23.4 Å². The molecule has 96 valence electrons. The fourth-order valence-electron chi connectivity index (χ4n) is 1.72. The summed E-state index contributed by atoms with van der Waals surface area (Å²) in [6.45, 7) is 2.12. The number of fused-ring (bicyclic) bond motifs is 1. The van der Waals surface area contributed by atoms with Crippen molar-refractivity contribution in [2.75, 3.05) is 12.4 Å². The van der Waals surface area contributed by atoms with Crippen LogP contribution < -0.4 is 5.56 Å². The number of aliphatic hydroxyl groups is 1. The van der Waals surface area contributed by atoms with Gasteiger partial charge >= 0.3 is 0 Å². The summed E-state index contributed by atoms with van der Waals surface area (Å²) in [5, 5.41) is 10.1. The molecule has 0 aliphatic rings. The van der Waals surface area contributed by atoms with E-state index >= 15 is 0 Å². The number of thioether (sulfide) groups is 1. The third-order valence-electron chi connectivity index (χ3n) is 2.72. The van der Waals surface area contributed by atoms with E-state index in [-0.39, 0.29) is 12.2 Å². The summed E-state index contributed by atoms with van der Waals surface area (Å²) in [5.74, 6) is 0.758. The van der Waals surface area contributed by atoms with E-state index < -0.39 is 0 Å². The molecule has 0 fully saturated rings. The molecule has 0 radical (unpaired) electrons. The summed E-state index contributed by atoms with van der Waals surface area (Å²) in [6.07, 6.45) is 0.701. The third-order valence-corrected chi connectivity index (χ3v) is 3.84. The molecule has 0 saturated carbocycles. The second-order valence-electron chi connectivity index (χ2n) is 4.20. The molecule has 0 aliphatic carbocycles. The van der Waals surface area contributed by atoms with Crippen molar-refractivity contribution in [2.24, 2.45) is 7.05 Å². The summed E-state index contributed by atoms with van der Waals surface area (Å²) in [5.41, 5.74) is 1.77. The Labute approximate surface area is 110 Å². The van der Waals surface area contributed by atoms with E-state index in [2.05, 4.69) is 4.98 Å². The molecule has 1 aromatic carbocycles. The fraction of sp³-hybridized carbons (Fsp3) is 0.385. The van der Waals surface area contributed by atoms with Crippen LogP contribution in [0, 0.1) is 6.92 Å². The molecule has 0 unspecified atom stereocenters. The van der Waals surface area contributed by atoms with E-state index in [1.807, 2.05) is 25.1 Å². The van der Waals surface area contributed by atoms with Crippen LogP contribution in [0.25, 0.3) is 10.9 Å². The number of rotatable bonds is 4. The molecule has 18 heavy (non-hydrogen) atoms. The molecule has 1 N–H and O–H groups in total. The second-order valence-corrected chi connectivity index (χ2v) is 5.27. The lowest BCUT2D eigenvalue weighted by molar-refractivity contribution is 0.296. The van der Waals surface area contributed by atoms with Crippen LogP contribution in [-0.4, -0.2) is 27.0 Å². The molecule has 0 amide bonds. The van der Waals surface area contributed by atoms with Crippen molar-refractivity contribution < 1.29 is 5.11 Å². The van der Waals surface area contributed by atoms with E-state index in [1.165, 1.54) is 11.8 Å². The predicted octanol–water partition coefficient (Wildman–Crippen LogP) is 1.72. The molecule has 0 spiro atoms. The fourth-order valence-corrected chi connectivity index (χ4v) is 2.62. The van der Waals surface area contributed by atoms with Crippen LogP contribution in [0.3, 0.4) is 0 Å². The first kappa shape index (κ1) is 13.1.